The summed E-state index contributed by atoms with van der Waals surface area (Å²) in [5, 5.41) is 3.14. The maximum absolute atomic E-state index is 12.0. The van der Waals surface area contributed by atoms with Crippen LogP contribution in [0, 0.1) is 6.92 Å². The Labute approximate surface area is 152 Å². The molecule has 1 N–H and O–H groups in total. The van der Waals surface area contributed by atoms with Crippen LogP contribution in [0.25, 0.3) is 0 Å². The van der Waals surface area contributed by atoms with E-state index in [1.807, 2.05) is 6.07 Å². The van der Waals surface area contributed by atoms with Crippen molar-refractivity contribution in [3.8, 4) is 0 Å². The van der Waals surface area contributed by atoms with E-state index in [4.69, 9.17) is 27.9 Å². The summed E-state index contributed by atoms with van der Waals surface area (Å²) in [6.07, 6.45) is 3.14. The summed E-state index contributed by atoms with van der Waals surface area (Å²) in [7, 11) is 0. The zero-order valence-corrected chi connectivity index (χ0v) is 15.1. The molecule has 126 valence electrons. The molecule has 0 fully saturated rings. The van der Waals surface area contributed by atoms with Crippen LogP contribution in [0.4, 0.5) is 5.82 Å². The second-order valence-electron chi connectivity index (χ2n) is 5.42. The Morgan fingerprint density at radius 2 is 2.08 bits per heavy atom. The largest absolute Gasteiger partial charge is 0.451 e. The van der Waals surface area contributed by atoms with Crippen LogP contribution in [0.3, 0.4) is 0 Å². The Balaban J connectivity index is 1.57. The molecule has 0 aliphatic heterocycles. The van der Waals surface area contributed by atoms with Crippen LogP contribution in [-0.2, 0) is 22.4 Å². The Kier molecular flexibility index (Phi) is 5.08. The summed E-state index contributed by atoms with van der Waals surface area (Å²) in [4.78, 5) is 29.8. The van der Waals surface area contributed by atoms with E-state index in [-0.39, 0.29) is 10.8 Å². The van der Waals surface area contributed by atoms with E-state index in [0.29, 0.717) is 15.6 Å². The van der Waals surface area contributed by atoms with E-state index < -0.39 is 18.5 Å². The van der Waals surface area contributed by atoms with Gasteiger partial charge in [0.15, 0.2) is 12.4 Å². The Hall–Kier alpha value is -1.63. The molecular formula is C16H14Cl2N2O3S. The molecule has 0 radical (unpaired) electrons. The van der Waals surface area contributed by atoms with Gasteiger partial charge in [-0.1, -0.05) is 23.2 Å². The first-order chi connectivity index (χ1) is 11.4. The van der Waals surface area contributed by atoms with Gasteiger partial charge in [-0.2, -0.15) is 0 Å². The summed E-state index contributed by atoms with van der Waals surface area (Å²) in [5.41, 5.74) is 1.76. The number of ether oxygens (including phenoxy) is 1. The predicted octanol–water partition coefficient (Wildman–Crippen LogP) is 4.04. The molecule has 5 nitrogen and oxygen atoms in total. The van der Waals surface area contributed by atoms with Crippen molar-refractivity contribution in [2.45, 2.75) is 26.2 Å². The first-order valence-corrected chi connectivity index (χ1v) is 8.92. The number of esters is 1. The molecule has 0 unspecified atom stereocenters. The number of aryl methyl sites for hydroxylation is 3. The van der Waals surface area contributed by atoms with Crippen LogP contribution in [0.5, 0.6) is 0 Å². The number of anilines is 1. The lowest BCUT2D eigenvalue weighted by atomic mass is 10.2. The summed E-state index contributed by atoms with van der Waals surface area (Å²) < 4.78 is 5.06. The molecule has 24 heavy (non-hydrogen) atoms. The molecular weight excluding hydrogens is 371 g/mol. The lowest BCUT2D eigenvalue weighted by Gasteiger charge is -2.08. The number of halogens is 2. The molecule has 8 heteroatoms. The zero-order valence-electron chi connectivity index (χ0n) is 12.8. The Morgan fingerprint density at radius 3 is 2.83 bits per heavy atom. The van der Waals surface area contributed by atoms with E-state index in [1.165, 1.54) is 27.8 Å². The smallest absolute Gasteiger partial charge is 0.348 e. The van der Waals surface area contributed by atoms with Crippen molar-refractivity contribution in [3.05, 3.63) is 43.2 Å². The van der Waals surface area contributed by atoms with E-state index in [9.17, 15) is 9.59 Å². The molecule has 2 aromatic rings. The minimum absolute atomic E-state index is 0.190. The molecule has 2 heterocycles. The third-order valence-corrected chi connectivity index (χ3v) is 5.53. The summed E-state index contributed by atoms with van der Waals surface area (Å²) in [5.74, 6) is -0.811. The van der Waals surface area contributed by atoms with Gasteiger partial charge < -0.3 is 10.1 Å². The van der Waals surface area contributed by atoms with Gasteiger partial charge in [0, 0.05) is 4.88 Å². The molecule has 0 atom stereocenters. The predicted molar refractivity (Wildman–Crippen MR) is 94.3 cm³/mol. The number of aromatic nitrogens is 1. The van der Waals surface area contributed by atoms with Gasteiger partial charge in [0.25, 0.3) is 5.91 Å². The fourth-order valence-electron chi connectivity index (χ4n) is 2.45. The maximum Gasteiger partial charge on any atom is 0.348 e. The number of nitrogens with zero attached hydrogens (tertiary/aromatic N) is 1. The standard InChI is InChI=1S/C16H14Cl2N2O3S/c1-8-10(17)6-11(18)15(19-8)20-14(21)7-23-16(22)13-5-9-3-2-4-12(9)24-13/h5-6H,2-4,7H2,1H3,(H,19,20,21). The molecule has 1 aliphatic rings. The van der Waals surface area contributed by atoms with E-state index >= 15 is 0 Å². The highest BCUT2D eigenvalue weighted by molar-refractivity contribution is 7.14. The van der Waals surface area contributed by atoms with Gasteiger partial charge in [0.1, 0.15) is 4.88 Å². The van der Waals surface area contributed by atoms with Crippen LogP contribution >= 0.6 is 34.5 Å². The molecule has 1 amide bonds. The number of thiophene rings is 1. The van der Waals surface area contributed by atoms with Crippen molar-refractivity contribution < 1.29 is 14.3 Å². The van der Waals surface area contributed by atoms with Crippen molar-refractivity contribution in [1.82, 2.24) is 4.98 Å². The quantitative estimate of drug-likeness (QED) is 0.807. The number of rotatable bonds is 4. The van der Waals surface area contributed by atoms with Gasteiger partial charge in [-0.3, -0.25) is 4.79 Å². The first-order valence-electron chi connectivity index (χ1n) is 7.35. The van der Waals surface area contributed by atoms with Gasteiger partial charge in [-0.25, -0.2) is 9.78 Å². The number of carbonyl (C=O) groups excluding carboxylic acids is 2. The number of fused-ring (bicyclic) bond motifs is 1. The number of pyridine rings is 1. The van der Waals surface area contributed by atoms with Crippen LogP contribution in [0.1, 0.15) is 32.2 Å². The molecule has 3 rings (SSSR count). The van der Waals surface area contributed by atoms with Crippen LogP contribution in [-0.4, -0.2) is 23.5 Å². The van der Waals surface area contributed by atoms with Crippen molar-refractivity contribution in [2.24, 2.45) is 0 Å². The van der Waals surface area contributed by atoms with Gasteiger partial charge in [-0.15, -0.1) is 11.3 Å². The molecule has 1 aliphatic carbocycles. The van der Waals surface area contributed by atoms with E-state index in [2.05, 4.69) is 10.3 Å². The molecule has 0 saturated carbocycles. The normalized spacial score (nSPS) is 12.8. The zero-order chi connectivity index (χ0) is 17.3. The lowest BCUT2D eigenvalue weighted by molar-refractivity contribution is -0.119. The van der Waals surface area contributed by atoms with Crippen LogP contribution in [0.2, 0.25) is 10.0 Å². The van der Waals surface area contributed by atoms with Gasteiger partial charge in [0.2, 0.25) is 0 Å². The van der Waals surface area contributed by atoms with Crippen LogP contribution in [0.15, 0.2) is 12.1 Å². The monoisotopic (exact) mass is 384 g/mol. The highest BCUT2D eigenvalue weighted by Gasteiger charge is 2.20. The Bertz CT molecular complexity index is 798. The summed E-state index contributed by atoms with van der Waals surface area (Å²) in [6, 6.07) is 3.36. The minimum Gasteiger partial charge on any atom is -0.451 e. The van der Waals surface area contributed by atoms with Crippen molar-refractivity contribution in [1.29, 1.82) is 0 Å². The van der Waals surface area contributed by atoms with Crippen molar-refractivity contribution in [3.63, 3.8) is 0 Å². The molecule has 0 aromatic carbocycles. The number of hydrogen-bond donors (Lipinski definition) is 1. The average molecular weight is 385 g/mol. The molecule has 0 saturated heterocycles. The highest BCUT2D eigenvalue weighted by Crippen LogP contribution is 2.31. The Morgan fingerprint density at radius 1 is 1.29 bits per heavy atom. The number of carbonyl (C=O) groups is 2. The van der Waals surface area contributed by atoms with Crippen molar-refractivity contribution in [2.75, 3.05) is 11.9 Å². The molecule has 0 spiro atoms. The van der Waals surface area contributed by atoms with E-state index in [0.717, 1.165) is 19.3 Å². The number of nitrogens with one attached hydrogen (secondary N) is 1. The number of amides is 1. The van der Waals surface area contributed by atoms with Gasteiger partial charge >= 0.3 is 5.97 Å². The average Bonchev–Trinajstić information content (AvgIpc) is 3.11. The molecule has 0 bridgehead atoms. The highest BCUT2D eigenvalue weighted by atomic mass is 35.5. The lowest BCUT2D eigenvalue weighted by Crippen LogP contribution is -2.21. The summed E-state index contributed by atoms with van der Waals surface area (Å²) in [6.45, 7) is 1.30. The maximum atomic E-state index is 12.0. The third kappa shape index (κ3) is 3.71. The fraction of sp³-hybridized carbons (Fsp3) is 0.312. The van der Waals surface area contributed by atoms with Crippen LogP contribution < -0.4 is 5.32 Å². The number of hydrogen-bond acceptors (Lipinski definition) is 5. The fourth-order valence-corrected chi connectivity index (χ4v) is 4.00. The van der Waals surface area contributed by atoms with Gasteiger partial charge in [-0.05, 0) is 43.9 Å². The second-order valence-corrected chi connectivity index (χ2v) is 7.37. The van der Waals surface area contributed by atoms with Gasteiger partial charge in [0.05, 0.1) is 15.7 Å². The summed E-state index contributed by atoms with van der Waals surface area (Å²) >= 11 is 13.3. The first kappa shape index (κ1) is 17.2. The van der Waals surface area contributed by atoms with E-state index in [1.54, 1.807) is 6.92 Å². The third-order valence-electron chi connectivity index (χ3n) is 3.64. The minimum atomic E-state index is -0.511. The topological polar surface area (TPSA) is 68.3 Å². The van der Waals surface area contributed by atoms with Crippen molar-refractivity contribution >= 4 is 52.2 Å². The molecule has 2 aromatic heterocycles. The second kappa shape index (κ2) is 7.09. The SMILES string of the molecule is Cc1nc(NC(=O)COC(=O)c2cc3c(s2)CCC3)c(Cl)cc1Cl.